The van der Waals surface area contributed by atoms with Crippen LogP contribution in [0, 0.1) is 0 Å². The maximum atomic E-state index is 11.2. The van der Waals surface area contributed by atoms with Gasteiger partial charge in [-0.3, -0.25) is 0 Å². The molecule has 4 amide bonds. The standard InChI is InChI=1S/C12H16N4O3.2ClH.Fe/c1-15(2)11(17)13-7-9-5-6-10(19-9)8-14-12(18)16(3)4;;;/h5-8H,1-4H3;2*1H;/q;;;+2/p-2/b13-7+,14-8+;;;. The SMILES string of the molecule is CN(C)C(=O)/N=C/c1ccc(/C=N/C(=O)N(C)C)o1.[Cl][Fe][Cl]. The van der Waals surface area contributed by atoms with Gasteiger partial charge in [0, 0.05) is 28.2 Å². The molecule has 7 nitrogen and oxygen atoms in total. The number of carbonyl (C=O) groups excluding carboxylic acids is 2. The molecule has 10 heteroatoms. The maximum absolute atomic E-state index is 11.2. The summed E-state index contributed by atoms with van der Waals surface area (Å²) in [6, 6.07) is 2.51. The first-order valence-electron chi connectivity index (χ1n) is 5.77. The van der Waals surface area contributed by atoms with Crippen molar-refractivity contribution in [3.63, 3.8) is 0 Å². The van der Waals surface area contributed by atoms with Crippen LogP contribution < -0.4 is 0 Å². The Bertz CT molecular complexity index is 500. The van der Waals surface area contributed by atoms with Gasteiger partial charge >= 0.3 is 45.4 Å². The van der Waals surface area contributed by atoms with Crippen molar-refractivity contribution in [2.45, 2.75) is 0 Å². The van der Waals surface area contributed by atoms with Gasteiger partial charge in [-0.15, -0.1) is 0 Å². The van der Waals surface area contributed by atoms with Gasteiger partial charge in [0.25, 0.3) is 0 Å². The average molecular weight is 391 g/mol. The first kappa shape index (κ1) is 20.7. The molecule has 0 saturated heterocycles. The molecule has 22 heavy (non-hydrogen) atoms. The molecule has 0 aliphatic rings. The van der Waals surface area contributed by atoms with Gasteiger partial charge < -0.3 is 14.2 Å². The first-order chi connectivity index (χ1) is 10.3. The van der Waals surface area contributed by atoms with E-state index < -0.39 is 0 Å². The Morgan fingerprint density at radius 1 is 1.00 bits per heavy atom. The summed E-state index contributed by atoms with van der Waals surface area (Å²) in [4.78, 5) is 32.5. The normalized spacial score (nSPS) is 10.6. The van der Waals surface area contributed by atoms with Gasteiger partial charge in [0.2, 0.25) is 0 Å². The van der Waals surface area contributed by atoms with Crippen molar-refractivity contribution in [2.75, 3.05) is 28.2 Å². The van der Waals surface area contributed by atoms with Crippen LogP contribution in [0.1, 0.15) is 11.5 Å². The molecule has 1 rings (SSSR count). The van der Waals surface area contributed by atoms with Gasteiger partial charge in [-0.25, -0.2) is 9.59 Å². The number of amides is 4. The number of rotatable bonds is 2. The van der Waals surface area contributed by atoms with E-state index >= 15 is 0 Å². The van der Waals surface area contributed by atoms with E-state index in [1.54, 1.807) is 40.3 Å². The van der Waals surface area contributed by atoms with Gasteiger partial charge in [0.1, 0.15) is 11.5 Å². The Morgan fingerprint density at radius 3 is 1.59 bits per heavy atom. The number of halogens is 2. The zero-order chi connectivity index (χ0) is 17.1. The van der Waals surface area contributed by atoms with E-state index in [0.717, 1.165) is 0 Å². The molecule has 0 aliphatic carbocycles. The molecule has 0 bridgehead atoms. The van der Waals surface area contributed by atoms with Gasteiger partial charge in [-0.2, -0.15) is 9.98 Å². The summed E-state index contributed by atoms with van der Waals surface area (Å²) in [6.07, 6.45) is 2.63. The van der Waals surface area contributed by atoms with E-state index in [1.807, 2.05) is 0 Å². The third-order valence-corrected chi connectivity index (χ3v) is 2.02. The fraction of sp³-hybridized carbons (Fsp3) is 0.333. The van der Waals surface area contributed by atoms with Crippen molar-refractivity contribution < 1.29 is 27.1 Å². The van der Waals surface area contributed by atoms with Crippen molar-refractivity contribution in [1.82, 2.24) is 9.80 Å². The second-order valence-electron chi connectivity index (χ2n) is 4.16. The Morgan fingerprint density at radius 2 is 1.32 bits per heavy atom. The van der Waals surface area contributed by atoms with Crippen molar-refractivity contribution >= 4 is 44.7 Å². The summed E-state index contributed by atoms with van der Waals surface area (Å²) >= 11 is 0.194. The zero-order valence-corrected chi connectivity index (χ0v) is 15.0. The van der Waals surface area contributed by atoms with Crippen LogP contribution in [0.5, 0.6) is 0 Å². The second kappa shape index (κ2) is 11.3. The van der Waals surface area contributed by atoms with Crippen LogP contribution in [-0.2, 0) is 13.1 Å². The third kappa shape index (κ3) is 8.84. The van der Waals surface area contributed by atoms with Crippen LogP contribution in [0.15, 0.2) is 26.5 Å². The molecule has 0 radical (unpaired) electrons. The Balaban J connectivity index is 0.00000135. The summed E-state index contributed by atoms with van der Waals surface area (Å²) < 4.78 is 5.30. The molecule has 0 saturated carbocycles. The summed E-state index contributed by atoms with van der Waals surface area (Å²) in [5, 5.41) is 0. The van der Waals surface area contributed by atoms with E-state index in [0.29, 0.717) is 11.5 Å². The summed E-state index contributed by atoms with van der Waals surface area (Å²) in [5.74, 6) is 0.822. The molecular weight excluding hydrogens is 375 g/mol. The van der Waals surface area contributed by atoms with Crippen LogP contribution in [-0.4, -0.2) is 62.5 Å². The monoisotopic (exact) mass is 390 g/mol. The predicted molar refractivity (Wildman–Crippen MR) is 83.8 cm³/mol. The molecular formula is C12H16Cl2FeN4O3. The third-order valence-electron chi connectivity index (χ3n) is 2.02. The number of carbonyl (C=O) groups is 2. The molecule has 124 valence electrons. The Labute approximate surface area is 143 Å². The molecule has 0 aromatic carbocycles. The minimum absolute atomic E-state index is 0.194. The molecule has 1 heterocycles. The number of urea groups is 2. The van der Waals surface area contributed by atoms with Gasteiger partial charge in [-0.1, -0.05) is 0 Å². The van der Waals surface area contributed by atoms with E-state index in [2.05, 4.69) is 9.98 Å². The molecule has 1 aromatic rings. The van der Waals surface area contributed by atoms with Gasteiger partial charge in [0.05, 0.1) is 12.4 Å². The van der Waals surface area contributed by atoms with Crippen LogP contribution in [0.2, 0.25) is 0 Å². The van der Waals surface area contributed by atoms with Crippen molar-refractivity contribution in [2.24, 2.45) is 9.98 Å². The van der Waals surface area contributed by atoms with Crippen LogP contribution in [0.4, 0.5) is 9.59 Å². The second-order valence-corrected chi connectivity index (χ2v) is 5.98. The number of aliphatic imine (C=N–C) groups is 2. The molecule has 1 aromatic heterocycles. The molecule has 0 aliphatic heterocycles. The van der Waals surface area contributed by atoms with Crippen molar-refractivity contribution in [3.8, 4) is 0 Å². The summed E-state index contributed by atoms with van der Waals surface area (Å²) in [5.41, 5.74) is 0. The average Bonchev–Trinajstić information content (AvgIpc) is 2.90. The van der Waals surface area contributed by atoms with Crippen LogP contribution >= 0.6 is 20.2 Å². The first-order valence-corrected chi connectivity index (χ1v) is 8.81. The Kier molecular flexibility index (Phi) is 10.6. The summed E-state index contributed by atoms with van der Waals surface area (Å²) in [6.45, 7) is 0. The molecule has 0 fully saturated rings. The number of hydrogen-bond acceptors (Lipinski definition) is 3. The Hall–Kier alpha value is -1.34. The fourth-order valence-corrected chi connectivity index (χ4v) is 0.976. The van der Waals surface area contributed by atoms with Crippen molar-refractivity contribution in [3.05, 3.63) is 23.7 Å². The van der Waals surface area contributed by atoms with E-state index in [4.69, 9.17) is 24.6 Å². The number of nitrogens with zero attached hydrogens (tertiary/aromatic N) is 4. The molecule has 0 N–H and O–H groups in total. The van der Waals surface area contributed by atoms with Gasteiger partial charge in [-0.05, 0) is 12.1 Å². The van der Waals surface area contributed by atoms with Gasteiger partial charge in [0.15, 0.2) is 0 Å². The number of hydrogen-bond donors (Lipinski definition) is 0. The topological polar surface area (TPSA) is 78.5 Å². The minimum atomic E-state index is -0.380. The zero-order valence-electron chi connectivity index (χ0n) is 12.4. The van der Waals surface area contributed by atoms with Crippen LogP contribution in [0.3, 0.4) is 0 Å². The van der Waals surface area contributed by atoms with Crippen molar-refractivity contribution in [1.29, 1.82) is 0 Å². The van der Waals surface area contributed by atoms with E-state index in [9.17, 15) is 9.59 Å². The quantitative estimate of drug-likeness (QED) is 0.575. The molecule has 0 spiro atoms. The predicted octanol–water partition coefficient (Wildman–Crippen LogP) is 2.86. The van der Waals surface area contributed by atoms with Crippen LogP contribution in [0.25, 0.3) is 0 Å². The van der Waals surface area contributed by atoms with E-state index in [-0.39, 0.29) is 25.2 Å². The summed E-state index contributed by atoms with van der Waals surface area (Å²) in [7, 11) is 15.9. The van der Waals surface area contributed by atoms with E-state index in [1.165, 1.54) is 22.2 Å². The molecule has 0 unspecified atom stereocenters. The number of furan rings is 1. The fourth-order valence-electron chi connectivity index (χ4n) is 0.976. The molecule has 0 atom stereocenters.